The Morgan fingerprint density at radius 3 is 2.73 bits per heavy atom. The summed E-state index contributed by atoms with van der Waals surface area (Å²) < 4.78 is 17.3. The Balaban J connectivity index is 3.21. The van der Waals surface area contributed by atoms with Crippen LogP contribution in [0.15, 0.2) is 17.0 Å². The molecule has 4 heteroatoms. The number of aromatic hydroxyl groups is 1. The van der Waals surface area contributed by atoms with Gasteiger partial charge < -0.3 is 9.84 Å². The van der Waals surface area contributed by atoms with E-state index < -0.39 is 5.82 Å². The largest absolute Gasteiger partial charge is 0.504 e. The first kappa shape index (κ1) is 8.20. The van der Waals surface area contributed by atoms with Gasteiger partial charge in [0.2, 0.25) is 0 Å². The molecule has 0 saturated carbocycles. The third kappa shape index (κ3) is 1.57. The van der Waals surface area contributed by atoms with Crippen molar-refractivity contribution in [3.8, 4) is 11.5 Å². The van der Waals surface area contributed by atoms with Crippen molar-refractivity contribution in [1.29, 1.82) is 0 Å². The highest BCUT2D eigenvalue weighted by Crippen LogP contribution is 2.29. The maximum atomic E-state index is 12.6. The van der Waals surface area contributed by atoms with E-state index in [0.717, 1.165) is 6.07 Å². The Bertz CT molecular complexity index is 275. The lowest BCUT2D eigenvalue weighted by Crippen LogP contribution is -1.85. The lowest BCUT2D eigenvalue weighted by atomic mass is 10.3. The third-order valence-corrected chi connectivity index (χ3v) is 1.59. The molecule has 0 spiro atoms. The normalized spacial score (nSPS) is 9.73. The smallest absolute Gasteiger partial charge is 0.161 e. The molecule has 0 aliphatic carbocycles. The number of ether oxygens (including phenoxy) is 1. The molecule has 0 aromatic heterocycles. The molecule has 0 bridgehead atoms. The number of benzene rings is 1. The molecule has 11 heavy (non-hydrogen) atoms. The summed E-state index contributed by atoms with van der Waals surface area (Å²) in [7, 11) is 1.39. The molecule has 0 aliphatic heterocycles. The van der Waals surface area contributed by atoms with E-state index in [-0.39, 0.29) is 16.4 Å². The maximum absolute atomic E-state index is 12.6. The van der Waals surface area contributed by atoms with Crippen LogP contribution in [0.5, 0.6) is 11.5 Å². The van der Waals surface area contributed by atoms with Crippen LogP contribution in [0.3, 0.4) is 0 Å². The number of hydrogen-bond acceptors (Lipinski definition) is 3. The standard InChI is InChI=1S/C7H7FO2S/c1-10-6-3-7(11)4(8)2-5(6)9/h2-3,9,11H,1H3. The second kappa shape index (κ2) is 3.00. The van der Waals surface area contributed by atoms with E-state index in [9.17, 15) is 4.39 Å². The minimum absolute atomic E-state index is 0.152. The van der Waals surface area contributed by atoms with Gasteiger partial charge in [-0.05, 0) is 0 Å². The van der Waals surface area contributed by atoms with Gasteiger partial charge in [0.15, 0.2) is 11.5 Å². The summed E-state index contributed by atoms with van der Waals surface area (Å²) in [5.41, 5.74) is 0. The predicted molar refractivity (Wildman–Crippen MR) is 41.9 cm³/mol. The van der Waals surface area contributed by atoms with Crippen molar-refractivity contribution in [2.24, 2.45) is 0 Å². The molecule has 0 amide bonds. The van der Waals surface area contributed by atoms with Crippen LogP contribution in [0.1, 0.15) is 0 Å². The Hall–Kier alpha value is -0.900. The average Bonchev–Trinajstić information content (AvgIpc) is 1.97. The minimum Gasteiger partial charge on any atom is -0.504 e. The third-order valence-electron chi connectivity index (χ3n) is 1.25. The van der Waals surface area contributed by atoms with Gasteiger partial charge in [0.05, 0.1) is 7.11 Å². The zero-order valence-corrected chi connectivity index (χ0v) is 6.73. The quantitative estimate of drug-likeness (QED) is 0.636. The van der Waals surface area contributed by atoms with Crippen molar-refractivity contribution in [2.75, 3.05) is 7.11 Å². The molecule has 1 rings (SSSR count). The number of halogens is 1. The van der Waals surface area contributed by atoms with E-state index in [1.54, 1.807) is 0 Å². The Morgan fingerprint density at radius 1 is 1.55 bits per heavy atom. The molecule has 0 atom stereocenters. The molecule has 60 valence electrons. The molecule has 0 fully saturated rings. The Kier molecular flexibility index (Phi) is 2.24. The second-order valence-electron chi connectivity index (χ2n) is 1.98. The molecule has 1 N–H and O–H groups in total. The first-order valence-electron chi connectivity index (χ1n) is 2.90. The van der Waals surface area contributed by atoms with Gasteiger partial charge in [-0.3, -0.25) is 0 Å². The zero-order chi connectivity index (χ0) is 8.43. The summed E-state index contributed by atoms with van der Waals surface area (Å²) in [4.78, 5) is 0.152. The number of phenols is 1. The van der Waals surface area contributed by atoms with Crippen molar-refractivity contribution < 1.29 is 14.2 Å². The van der Waals surface area contributed by atoms with Crippen LogP contribution in [0.2, 0.25) is 0 Å². The molecule has 1 aromatic rings. The Labute approximate surface area is 69.0 Å². The van der Waals surface area contributed by atoms with Gasteiger partial charge in [0, 0.05) is 17.0 Å². The van der Waals surface area contributed by atoms with Crippen molar-refractivity contribution in [2.45, 2.75) is 4.90 Å². The summed E-state index contributed by atoms with van der Waals surface area (Å²) in [5.74, 6) is -0.564. The fourth-order valence-corrected chi connectivity index (χ4v) is 0.877. The molecule has 0 aliphatic rings. The van der Waals surface area contributed by atoms with Crippen LogP contribution in [-0.4, -0.2) is 12.2 Å². The lowest BCUT2D eigenvalue weighted by molar-refractivity contribution is 0.368. The van der Waals surface area contributed by atoms with Crippen LogP contribution < -0.4 is 4.74 Å². The average molecular weight is 174 g/mol. The topological polar surface area (TPSA) is 29.5 Å². The van der Waals surface area contributed by atoms with Gasteiger partial charge in [-0.25, -0.2) is 4.39 Å². The van der Waals surface area contributed by atoms with Crippen LogP contribution in [0, 0.1) is 5.82 Å². The van der Waals surface area contributed by atoms with Crippen LogP contribution in [0.25, 0.3) is 0 Å². The molecule has 0 radical (unpaired) electrons. The van der Waals surface area contributed by atoms with E-state index in [2.05, 4.69) is 12.6 Å². The minimum atomic E-state index is -0.563. The van der Waals surface area contributed by atoms with Gasteiger partial charge in [0.1, 0.15) is 5.82 Å². The van der Waals surface area contributed by atoms with Gasteiger partial charge in [-0.15, -0.1) is 12.6 Å². The number of phenolic OH excluding ortho intramolecular Hbond substituents is 1. The van der Waals surface area contributed by atoms with Crippen molar-refractivity contribution in [1.82, 2.24) is 0 Å². The van der Waals surface area contributed by atoms with Gasteiger partial charge in [0.25, 0.3) is 0 Å². The second-order valence-corrected chi connectivity index (χ2v) is 2.46. The van der Waals surface area contributed by atoms with Crippen molar-refractivity contribution >= 4 is 12.6 Å². The van der Waals surface area contributed by atoms with Crippen LogP contribution >= 0.6 is 12.6 Å². The molecular formula is C7H7FO2S. The van der Waals surface area contributed by atoms with Gasteiger partial charge in [-0.2, -0.15) is 0 Å². The van der Waals surface area contributed by atoms with Crippen LogP contribution in [0.4, 0.5) is 4.39 Å². The fourth-order valence-electron chi connectivity index (χ4n) is 0.696. The van der Waals surface area contributed by atoms with E-state index in [4.69, 9.17) is 9.84 Å². The summed E-state index contributed by atoms with van der Waals surface area (Å²) in [6, 6.07) is 2.27. The van der Waals surface area contributed by atoms with E-state index in [1.807, 2.05) is 0 Å². The zero-order valence-electron chi connectivity index (χ0n) is 5.84. The molecule has 2 nitrogen and oxygen atoms in total. The first-order chi connectivity index (χ1) is 5.15. The van der Waals surface area contributed by atoms with E-state index in [0.29, 0.717) is 0 Å². The first-order valence-corrected chi connectivity index (χ1v) is 3.35. The highest BCUT2D eigenvalue weighted by Gasteiger charge is 2.05. The van der Waals surface area contributed by atoms with E-state index in [1.165, 1.54) is 13.2 Å². The van der Waals surface area contributed by atoms with E-state index >= 15 is 0 Å². The number of rotatable bonds is 1. The summed E-state index contributed by atoms with van der Waals surface area (Å²) in [6.07, 6.45) is 0. The summed E-state index contributed by atoms with van der Waals surface area (Å²) >= 11 is 3.80. The Morgan fingerprint density at radius 2 is 2.18 bits per heavy atom. The monoisotopic (exact) mass is 174 g/mol. The van der Waals surface area contributed by atoms with Gasteiger partial charge >= 0.3 is 0 Å². The highest BCUT2D eigenvalue weighted by molar-refractivity contribution is 7.80. The number of hydrogen-bond donors (Lipinski definition) is 2. The fraction of sp³-hybridized carbons (Fsp3) is 0.143. The molecule has 0 unspecified atom stereocenters. The highest BCUT2D eigenvalue weighted by atomic mass is 32.1. The van der Waals surface area contributed by atoms with Crippen molar-refractivity contribution in [3.05, 3.63) is 17.9 Å². The van der Waals surface area contributed by atoms with Gasteiger partial charge in [-0.1, -0.05) is 0 Å². The predicted octanol–water partition coefficient (Wildman–Crippen LogP) is 1.83. The number of methoxy groups -OCH3 is 1. The lowest BCUT2D eigenvalue weighted by Gasteiger charge is -2.03. The molecule has 0 saturated heterocycles. The number of thiol groups is 1. The molecule has 0 heterocycles. The summed E-state index contributed by atoms with van der Waals surface area (Å²) in [6.45, 7) is 0. The summed E-state index contributed by atoms with van der Waals surface area (Å²) in [5, 5.41) is 9.02. The molecular weight excluding hydrogens is 167 g/mol. The molecule has 1 aromatic carbocycles. The maximum Gasteiger partial charge on any atom is 0.161 e. The van der Waals surface area contributed by atoms with Crippen LogP contribution in [-0.2, 0) is 0 Å². The van der Waals surface area contributed by atoms with Crippen molar-refractivity contribution in [3.63, 3.8) is 0 Å². The SMILES string of the molecule is COc1cc(S)c(F)cc1O.